The molecule has 0 bridgehead atoms. The zero-order valence-electron chi connectivity index (χ0n) is 19.8. The van der Waals surface area contributed by atoms with E-state index in [1.807, 2.05) is 13.8 Å². The van der Waals surface area contributed by atoms with Gasteiger partial charge in [-0.25, -0.2) is 16.8 Å². The molecule has 182 valence electrons. The number of carbonyl (C=O) groups excluding carboxylic acids is 1. The first-order valence-corrected chi connectivity index (χ1v) is 14.3. The van der Waals surface area contributed by atoms with E-state index in [9.17, 15) is 21.6 Å². The van der Waals surface area contributed by atoms with Gasteiger partial charge in [0, 0.05) is 25.9 Å². The van der Waals surface area contributed by atoms with Crippen LogP contribution in [0.1, 0.15) is 65.9 Å². The quantitative estimate of drug-likeness (QED) is 0.469. The fraction of sp³-hybridized carbons (Fsp3) is 0.696. The maximum absolute atomic E-state index is 12.9. The van der Waals surface area contributed by atoms with E-state index in [2.05, 4.69) is 0 Å². The first kappa shape index (κ1) is 27.0. The number of Topliss-reactive ketones (excluding diaryl/α,β-unsaturated/α-hetero) is 1. The summed E-state index contributed by atoms with van der Waals surface area (Å²) >= 11 is 0. The Morgan fingerprint density at radius 2 is 1.53 bits per heavy atom. The van der Waals surface area contributed by atoms with Crippen molar-refractivity contribution < 1.29 is 26.4 Å². The topological polar surface area (TPSA) is 97.8 Å². The van der Waals surface area contributed by atoms with E-state index in [0.717, 1.165) is 5.56 Å². The third-order valence-electron chi connectivity index (χ3n) is 5.65. The minimum atomic E-state index is -3.60. The van der Waals surface area contributed by atoms with Crippen molar-refractivity contribution in [3.05, 3.63) is 29.8 Å². The summed E-state index contributed by atoms with van der Waals surface area (Å²) in [4.78, 5) is 12.5. The summed E-state index contributed by atoms with van der Waals surface area (Å²) in [6.07, 6.45) is 2.22. The third-order valence-corrected chi connectivity index (χ3v) is 10.2. The summed E-state index contributed by atoms with van der Waals surface area (Å²) in [6.45, 7) is 9.46. The third kappa shape index (κ3) is 7.37. The SMILES string of the molecule is CC1CN(S(=O)(=O)c2ccc(CC(=O)CCCCCS(=O)(=O)C(C)(C)C)cc2)C[C@@H](C)O1. The molecule has 0 aliphatic carbocycles. The molecule has 0 saturated carbocycles. The van der Waals surface area contributed by atoms with Gasteiger partial charge in [0.25, 0.3) is 0 Å². The summed E-state index contributed by atoms with van der Waals surface area (Å²) in [5, 5.41) is 0. The van der Waals surface area contributed by atoms with Crippen molar-refractivity contribution in [3.63, 3.8) is 0 Å². The van der Waals surface area contributed by atoms with Gasteiger partial charge >= 0.3 is 0 Å². The average molecular weight is 488 g/mol. The zero-order valence-corrected chi connectivity index (χ0v) is 21.5. The van der Waals surface area contributed by atoms with E-state index in [0.29, 0.717) is 38.8 Å². The Hall–Kier alpha value is -1.29. The molecule has 0 amide bonds. The second-order valence-electron chi connectivity index (χ2n) is 9.68. The molecule has 0 spiro atoms. The number of nitrogens with zero attached hydrogens (tertiary/aromatic N) is 1. The van der Waals surface area contributed by atoms with Crippen LogP contribution in [0.3, 0.4) is 0 Å². The highest BCUT2D eigenvalue weighted by molar-refractivity contribution is 7.92. The minimum Gasteiger partial charge on any atom is -0.373 e. The predicted molar refractivity (Wildman–Crippen MR) is 126 cm³/mol. The Morgan fingerprint density at radius 1 is 0.969 bits per heavy atom. The summed E-state index contributed by atoms with van der Waals surface area (Å²) in [5.41, 5.74) is 0.771. The lowest BCUT2D eigenvalue weighted by Gasteiger charge is -2.34. The van der Waals surface area contributed by atoms with Crippen LogP contribution >= 0.6 is 0 Å². The van der Waals surface area contributed by atoms with E-state index < -0.39 is 24.6 Å². The van der Waals surface area contributed by atoms with E-state index >= 15 is 0 Å². The maximum Gasteiger partial charge on any atom is 0.243 e. The maximum atomic E-state index is 12.9. The molecule has 2 atom stereocenters. The van der Waals surface area contributed by atoms with Gasteiger partial charge in [-0.05, 0) is 65.2 Å². The number of sulfonamides is 1. The van der Waals surface area contributed by atoms with Gasteiger partial charge in [-0.2, -0.15) is 4.31 Å². The first-order chi connectivity index (χ1) is 14.7. The standard InChI is InChI=1S/C23H37NO6S2/c1-18-16-24(17-19(2)30-18)32(28,29)22-12-10-20(11-13-22)15-21(25)9-7-6-8-14-31(26,27)23(3,4)5/h10-13,18-19H,6-9,14-17H2,1-5H3/t18-,19?/m1/s1. The van der Waals surface area contributed by atoms with Crippen LogP contribution in [-0.4, -0.2) is 62.7 Å². The fourth-order valence-corrected chi connectivity index (χ4v) is 6.46. The van der Waals surface area contributed by atoms with Crippen LogP contribution in [0.15, 0.2) is 29.2 Å². The monoisotopic (exact) mass is 487 g/mol. The molecule has 1 unspecified atom stereocenters. The molecule has 1 aliphatic rings. The van der Waals surface area contributed by atoms with Crippen molar-refractivity contribution in [1.29, 1.82) is 0 Å². The van der Waals surface area contributed by atoms with Crippen molar-refractivity contribution in [2.24, 2.45) is 0 Å². The molecule has 1 heterocycles. The normalized spacial score (nSPS) is 20.9. The van der Waals surface area contributed by atoms with Crippen molar-refractivity contribution in [2.45, 2.75) is 88.6 Å². The molecule has 7 nitrogen and oxygen atoms in total. The van der Waals surface area contributed by atoms with Gasteiger partial charge in [0.05, 0.1) is 27.6 Å². The van der Waals surface area contributed by atoms with Crippen LogP contribution in [0.4, 0.5) is 0 Å². The van der Waals surface area contributed by atoms with Crippen LogP contribution in [0.2, 0.25) is 0 Å². The average Bonchev–Trinajstić information content (AvgIpc) is 2.66. The summed E-state index contributed by atoms with van der Waals surface area (Å²) in [5.74, 6) is 0.205. The number of carbonyl (C=O) groups is 1. The molecule has 0 aromatic heterocycles. The van der Waals surface area contributed by atoms with Crippen molar-refractivity contribution >= 4 is 25.6 Å². The van der Waals surface area contributed by atoms with Gasteiger partial charge in [-0.1, -0.05) is 18.6 Å². The molecule has 1 saturated heterocycles. The van der Waals surface area contributed by atoms with Gasteiger partial charge in [0.1, 0.15) is 5.78 Å². The van der Waals surface area contributed by atoms with Gasteiger partial charge in [0.2, 0.25) is 10.0 Å². The number of ether oxygens (including phenoxy) is 1. The number of hydrogen-bond acceptors (Lipinski definition) is 6. The second-order valence-corrected chi connectivity index (χ2v) is 14.5. The van der Waals surface area contributed by atoms with Crippen LogP contribution in [-0.2, 0) is 35.8 Å². The van der Waals surface area contributed by atoms with Crippen LogP contribution < -0.4 is 0 Å². The predicted octanol–water partition coefficient (Wildman–Crippen LogP) is 3.37. The lowest BCUT2D eigenvalue weighted by molar-refractivity contribution is -0.118. The zero-order chi connectivity index (χ0) is 24.2. The van der Waals surface area contributed by atoms with Gasteiger partial charge in [-0.3, -0.25) is 4.79 Å². The van der Waals surface area contributed by atoms with Crippen molar-refractivity contribution in [2.75, 3.05) is 18.8 Å². The molecule has 1 aromatic carbocycles. The summed E-state index contributed by atoms with van der Waals surface area (Å²) in [6, 6.07) is 6.49. The smallest absolute Gasteiger partial charge is 0.243 e. The van der Waals surface area contributed by atoms with E-state index in [-0.39, 0.29) is 35.1 Å². The lowest BCUT2D eigenvalue weighted by Crippen LogP contribution is -2.48. The highest BCUT2D eigenvalue weighted by atomic mass is 32.2. The number of rotatable bonds is 10. The molecular weight excluding hydrogens is 450 g/mol. The molecule has 0 N–H and O–H groups in total. The Labute approximate surface area is 193 Å². The van der Waals surface area contributed by atoms with Crippen LogP contribution in [0.25, 0.3) is 0 Å². The van der Waals surface area contributed by atoms with Gasteiger partial charge < -0.3 is 4.74 Å². The van der Waals surface area contributed by atoms with E-state index in [1.165, 1.54) is 4.31 Å². The number of sulfone groups is 1. The first-order valence-electron chi connectivity index (χ1n) is 11.2. The fourth-order valence-electron chi connectivity index (χ4n) is 3.67. The van der Waals surface area contributed by atoms with Crippen LogP contribution in [0, 0.1) is 0 Å². The molecule has 1 aliphatic heterocycles. The Balaban J connectivity index is 1.83. The summed E-state index contributed by atoms with van der Waals surface area (Å²) < 4.78 is 56.3. The van der Waals surface area contributed by atoms with Gasteiger partial charge in [0.15, 0.2) is 9.84 Å². The second kappa shape index (κ2) is 10.8. The largest absolute Gasteiger partial charge is 0.373 e. The number of morpholine rings is 1. The Kier molecular flexibility index (Phi) is 9.06. The number of benzene rings is 1. The van der Waals surface area contributed by atoms with E-state index in [1.54, 1.807) is 45.0 Å². The highest BCUT2D eigenvalue weighted by Crippen LogP contribution is 2.22. The molecule has 0 radical (unpaired) electrons. The molecular formula is C23H37NO6S2. The highest BCUT2D eigenvalue weighted by Gasteiger charge is 2.32. The molecule has 9 heteroatoms. The lowest BCUT2D eigenvalue weighted by atomic mass is 10.0. The molecule has 2 rings (SSSR count). The number of unbranched alkanes of at least 4 members (excludes halogenated alkanes) is 2. The van der Waals surface area contributed by atoms with Gasteiger partial charge in [-0.15, -0.1) is 0 Å². The molecule has 32 heavy (non-hydrogen) atoms. The Morgan fingerprint density at radius 3 is 2.06 bits per heavy atom. The van der Waals surface area contributed by atoms with Crippen molar-refractivity contribution in [1.82, 2.24) is 4.31 Å². The molecule has 1 aromatic rings. The Bertz CT molecular complexity index is 968. The number of hydrogen-bond donors (Lipinski definition) is 0. The van der Waals surface area contributed by atoms with E-state index in [4.69, 9.17) is 4.74 Å². The molecule has 1 fully saturated rings. The number of ketones is 1. The summed E-state index contributed by atoms with van der Waals surface area (Å²) in [7, 11) is -6.72. The van der Waals surface area contributed by atoms with Crippen LogP contribution in [0.5, 0.6) is 0 Å². The van der Waals surface area contributed by atoms with Crippen molar-refractivity contribution in [3.8, 4) is 0 Å². The minimum absolute atomic E-state index is 0.0649.